The monoisotopic (exact) mass is 248 g/mol. The second kappa shape index (κ2) is 6.71. The molecule has 0 aromatic rings. The maximum absolute atomic E-state index is 5.93. The van der Waals surface area contributed by atoms with Crippen LogP contribution in [0.4, 0.5) is 0 Å². The first kappa shape index (κ1) is 14.1. The van der Waals surface area contributed by atoms with Gasteiger partial charge >= 0.3 is 9.28 Å². The van der Waals surface area contributed by atoms with Gasteiger partial charge < -0.3 is 18.3 Å². The van der Waals surface area contributed by atoms with Crippen LogP contribution in [-0.2, 0) is 18.3 Å². The summed E-state index contributed by atoms with van der Waals surface area (Å²) >= 11 is 0. The maximum Gasteiger partial charge on any atom is 0.323 e. The predicted octanol–water partition coefficient (Wildman–Crippen LogP) is 1.33. The molecule has 0 aromatic heterocycles. The normalized spacial score (nSPS) is 20.8. The van der Waals surface area contributed by atoms with Gasteiger partial charge in [-0.05, 0) is 6.42 Å². The molecular weight excluding hydrogens is 224 g/mol. The van der Waals surface area contributed by atoms with Gasteiger partial charge in [-0.25, -0.2) is 0 Å². The van der Waals surface area contributed by atoms with Gasteiger partial charge in [-0.3, -0.25) is 0 Å². The van der Waals surface area contributed by atoms with Crippen LogP contribution in [0.1, 0.15) is 20.3 Å². The molecule has 0 N–H and O–H groups in total. The topological polar surface area (TPSA) is 36.9 Å². The minimum atomic E-state index is -1.50. The Kier molecular flexibility index (Phi) is 5.92. The highest BCUT2D eigenvalue weighted by Gasteiger charge is 2.34. The molecule has 4 nitrogen and oxygen atoms in total. The van der Waals surface area contributed by atoms with Crippen LogP contribution in [0.25, 0.3) is 0 Å². The van der Waals surface area contributed by atoms with Crippen molar-refractivity contribution in [2.45, 2.75) is 32.4 Å². The Hall–Kier alpha value is 0.0569. The van der Waals surface area contributed by atoms with E-state index in [2.05, 4.69) is 13.8 Å². The predicted molar refractivity (Wildman–Crippen MR) is 64.9 cm³/mol. The SMILES string of the molecule is CCC(C[SiH](OC)OC)OCC1(C)COC1. The van der Waals surface area contributed by atoms with Gasteiger partial charge in [0.15, 0.2) is 0 Å². The summed E-state index contributed by atoms with van der Waals surface area (Å²) in [4.78, 5) is 0. The number of rotatable bonds is 8. The first-order valence-corrected chi connectivity index (χ1v) is 7.64. The van der Waals surface area contributed by atoms with Crippen molar-refractivity contribution in [1.82, 2.24) is 0 Å². The van der Waals surface area contributed by atoms with E-state index in [0.29, 0.717) is 0 Å². The summed E-state index contributed by atoms with van der Waals surface area (Å²) in [5, 5.41) is 0. The molecule has 1 unspecified atom stereocenters. The van der Waals surface area contributed by atoms with Crippen LogP contribution in [-0.4, -0.2) is 49.4 Å². The fourth-order valence-corrected chi connectivity index (χ4v) is 3.18. The zero-order chi connectivity index (χ0) is 12.0. The average Bonchev–Trinajstić information content (AvgIpc) is 2.27. The van der Waals surface area contributed by atoms with Gasteiger partial charge in [0.2, 0.25) is 0 Å². The Morgan fingerprint density at radius 2 is 1.94 bits per heavy atom. The summed E-state index contributed by atoms with van der Waals surface area (Å²) in [6.07, 6.45) is 1.27. The lowest BCUT2D eigenvalue weighted by Gasteiger charge is -2.38. The highest BCUT2D eigenvalue weighted by atomic mass is 28.3. The molecule has 0 aliphatic carbocycles. The quantitative estimate of drug-likeness (QED) is 0.607. The fourth-order valence-electron chi connectivity index (χ4n) is 1.71. The lowest BCUT2D eigenvalue weighted by molar-refractivity contribution is -0.147. The second-order valence-electron chi connectivity index (χ2n) is 4.78. The summed E-state index contributed by atoms with van der Waals surface area (Å²) < 4.78 is 21.8. The molecule has 1 aliphatic heterocycles. The van der Waals surface area contributed by atoms with Crippen LogP contribution in [0.2, 0.25) is 6.04 Å². The molecule has 0 bridgehead atoms. The van der Waals surface area contributed by atoms with E-state index in [1.807, 2.05) is 0 Å². The van der Waals surface area contributed by atoms with Gasteiger partial charge in [0.1, 0.15) is 0 Å². The molecular formula is C11H24O4Si. The van der Waals surface area contributed by atoms with Crippen molar-refractivity contribution in [3.8, 4) is 0 Å². The summed E-state index contributed by atoms with van der Waals surface area (Å²) in [5.74, 6) is 0. The molecule has 1 heterocycles. The second-order valence-corrected chi connectivity index (χ2v) is 7.05. The van der Waals surface area contributed by atoms with Gasteiger partial charge in [-0.2, -0.15) is 0 Å². The Labute approximate surface area is 100 Å². The Bertz CT molecular complexity index is 192. The van der Waals surface area contributed by atoms with Crippen LogP contribution in [0.5, 0.6) is 0 Å². The fraction of sp³-hybridized carbons (Fsp3) is 1.00. The molecule has 96 valence electrons. The molecule has 16 heavy (non-hydrogen) atoms. The van der Waals surface area contributed by atoms with Crippen molar-refractivity contribution < 1.29 is 18.3 Å². The molecule has 5 heteroatoms. The van der Waals surface area contributed by atoms with E-state index in [4.69, 9.17) is 18.3 Å². The van der Waals surface area contributed by atoms with Gasteiger partial charge in [0, 0.05) is 25.7 Å². The minimum absolute atomic E-state index is 0.227. The van der Waals surface area contributed by atoms with E-state index >= 15 is 0 Å². The smallest absolute Gasteiger partial charge is 0.323 e. The van der Waals surface area contributed by atoms with E-state index in [-0.39, 0.29) is 11.5 Å². The first-order valence-electron chi connectivity index (χ1n) is 5.88. The lowest BCUT2D eigenvalue weighted by atomic mass is 9.90. The van der Waals surface area contributed by atoms with Crippen LogP contribution in [0, 0.1) is 5.41 Å². The lowest BCUT2D eigenvalue weighted by Crippen LogP contribution is -2.44. The van der Waals surface area contributed by atoms with Crippen molar-refractivity contribution in [2.24, 2.45) is 5.41 Å². The Morgan fingerprint density at radius 3 is 2.31 bits per heavy atom. The standard InChI is InChI=1S/C11H24O4Si/c1-5-10(6-16(12-3)13-4)15-9-11(2)7-14-8-11/h10,16H,5-9H2,1-4H3. The molecule has 0 radical (unpaired) electrons. The van der Waals surface area contributed by atoms with Crippen LogP contribution < -0.4 is 0 Å². The summed E-state index contributed by atoms with van der Waals surface area (Å²) in [7, 11) is 1.93. The molecule has 0 spiro atoms. The third-order valence-electron chi connectivity index (χ3n) is 3.01. The van der Waals surface area contributed by atoms with E-state index in [1.165, 1.54) is 0 Å². The zero-order valence-electron chi connectivity index (χ0n) is 10.8. The number of hydrogen-bond acceptors (Lipinski definition) is 4. The molecule has 1 saturated heterocycles. The van der Waals surface area contributed by atoms with Crippen molar-refractivity contribution in [3.63, 3.8) is 0 Å². The molecule has 0 amide bonds. The zero-order valence-corrected chi connectivity index (χ0v) is 12.0. The molecule has 1 rings (SSSR count). The van der Waals surface area contributed by atoms with Crippen molar-refractivity contribution in [3.05, 3.63) is 0 Å². The van der Waals surface area contributed by atoms with Gasteiger partial charge in [0.25, 0.3) is 0 Å². The third-order valence-corrected chi connectivity index (χ3v) is 4.97. The van der Waals surface area contributed by atoms with Crippen LogP contribution in [0.3, 0.4) is 0 Å². The van der Waals surface area contributed by atoms with Gasteiger partial charge in [-0.15, -0.1) is 0 Å². The van der Waals surface area contributed by atoms with Crippen molar-refractivity contribution in [2.75, 3.05) is 34.0 Å². The Morgan fingerprint density at radius 1 is 1.31 bits per heavy atom. The molecule has 0 aromatic carbocycles. The average molecular weight is 248 g/mol. The molecule has 0 saturated carbocycles. The van der Waals surface area contributed by atoms with E-state index in [9.17, 15) is 0 Å². The Balaban J connectivity index is 2.25. The van der Waals surface area contributed by atoms with Crippen molar-refractivity contribution >= 4 is 9.28 Å². The van der Waals surface area contributed by atoms with Gasteiger partial charge in [0.05, 0.1) is 25.9 Å². The molecule has 1 atom stereocenters. The summed E-state index contributed by atoms with van der Waals surface area (Å²) in [6, 6.07) is 0.917. The third kappa shape index (κ3) is 4.14. The van der Waals surface area contributed by atoms with E-state index in [0.717, 1.165) is 32.3 Å². The number of hydrogen-bond donors (Lipinski definition) is 0. The minimum Gasteiger partial charge on any atom is -0.400 e. The maximum atomic E-state index is 5.93. The highest BCUT2D eigenvalue weighted by molar-refractivity contribution is 6.44. The van der Waals surface area contributed by atoms with Crippen molar-refractivity contribution in [1.29, 1.82) is 0 Å². The van der Waals surface area contributed by atoms with Crippen LogP contribution in [0.15, 0.2) is 0 Å². The van der Waals surface area contributed by atoms with Crippen LogP contribution >= 0.6 is 0 Å². The first-order chi connectivity index (χ1) is 7.63. The van der Waals surface area contributed by atoms with E-state index in [1.54, 1.807) is 14.2 Å². The van der Waals surface area contributed by atoms with E-state index < -0.39 is 9.28 Å². The highest BCUT2D eigenvalue weighted by Crippen LogP contribution is 2.27. The summed E-state index contributed by atoms with van der Waals surface area (Å²) in [6.45, 7) is 6.75. The summed E-state index contributed by atoms with van der Waals surface area (Å²) in [5.41, 5.74) is 0.227. The number of ether oxygens (including phenoxy) is 2. The van der Waals surface area contributed by atoms with Gasteiger partial charge in [-0.1, -0.05) is 13.8 Å². The largest absolute Gasteiger partial charge is 0.400 e. The molecule has 1 aliphatic rings. The molecule has 1 fully saturated rings.